The Morgan fingerprint density at radius 1 is 1.50 bits per heavy atom. The Morgan fingerprint density at radius 2 is 2.33 bits per heavy atom. The minimum Gasteiger partial charge on any atom is -0.288 e. The smallest absolute Gasteiger partial charge is 0.0649 e. The van der Waals surface area contributed by atoms with Crippen LogP contribution in [0.1, 0.15) is 23.6 Å². The average Bonchev–Trinajstić information content (AvgIpc) is 2.50. The molecule has 0 N–H and O–H groups in total. The van der Waals surface area contributed by atoms with Crippen LogP contribution < -0.4 is 0 Å². The number of nitrogens with zero attached hydrogens (tertiary/aromatic N) is 1. The molecule has 0 amide bonds. The topological polar surface area (TPSA) is 12.4 Å². The predicted octanol–water partition coefficient (Wildman–Crippen LogP) is 2.94. The molecule has 1 aliphatic rings. The Kier molecular flexibility index (Phi) is 2.01. The molecule has 1 aromatic rings. The van der Waals surface area contributed by atoms with Crippen molar-refractivity contribution in [3.05, 3.63) is 33.3 Å². The highest BCUT2D eigenvalue weighted by molar-refractivity contribution is 9.10. The number of fused-ring (bicyclic) bond motifs is 1. The third-order valence-electron chi connectivity index (χ3n) is 2.20. The lowest BCUT2D eigenvalue weighted by atomic mass is 10.0. The van der Waals surface area contributed by atoms with Crippen molar-refractivity contribution in [2.45, 2.75) is 19.9 Å². The van der Waals surface area contributed by atoms with Gasteiger partial charge in [-0.1, -0.05) is 22.9 Å². The van der Waals surface area contributed by atoms with Crippen LogP contribution in [0.5, 0.6) is 0 Å². The van der Waals surface area contributed by atoms with Gasteiger partial charge in [0.05, 0.1) is 6.54 Å². The van der Waals surface area contributed by atoms with E-state index in [1.807, 2.05) is 6.21 Å². The zero-order valence-corrected chi connectivity index (χ0v) is 8.56. The van der Waals surface area contributed by atoms with E-state index in [1.54, 1.807) is 0 Å². The Bertz CT molecular complexity index is 342. The molecule has 0 unspecified atom stereocenters. The molecule has 2 rings (SSSR count). The van der Waals surface area contributed by atoms with E-state index in [-0.39, 0.29) is 0 Å². The van der Waals surface area contributed by atoms with E-state index in [1.165, 1.54) is 16.7 Å². The highest BCUT2D eigenvalue weighted by atomic mass is 79.9. The number of aryl methyl sites for hydroxylation is 1. The molecule has 1 nitrogen and oxygen atoms in total. The molecule has 1 aromatic carbocycles. The van der Waals surface area contributed by atoms with Gasteiger partial charge in [0.2, 0.25) is 0 Å². The van der Waals surface area contributed by atoms with Gasteiger partial charge in [-0.3, -0.25) is 4.99 Å². The molecule has 62 valence electrons. The van der Waals surface area contributed by atoms with Crippen LogP contribution >= 0.6 is 15.9 Å². The van der Waals surface area contributed by atoms with Gasteiger partial charge < -0.3 is 0 Å². The monoisotopic (exact) mass is 223 g/mol. The van der Waals surface area contributed by atoms with E-state index >= 15 is 0 Å². The largest absolute Gasteiger partial charge is 0.288 e. The van der Waals surface area contributed by atoms with Crippen molar-refractivity contribution in [2.75, 3.05) is 0 Å². The van der Waals surface area contributed by atoms with E-state index in [0.29, 0.717) is 0 Å². The Labute approximate surface area is 80.6 Å². The Morgan fingerprint density at radius 3 is 3.08 bits per heavy atom. The summed E-state index contributed by atoms with van der Waals surface area (Å²) in [7, 11) is 0. The number of hydrogen-bond donors (Lipinski definition) is 0. The maximum atomic E-state index is 4.26. The van der Waals surface area contributed by atoms with Crippen LogP contribution in [0.3, 0.4) is 0 Å². The number of hydrogen-bond acceptors (Lipinski definition) is 1. The third-order valence-corrected chi connectivity index (χ3v) is 2.66. The predicted molar refractivity (Wildman–Crippen MR) is 54.8 cm³/mol. The van der Waals surface area contributed by atoms with Crippen LogP contribution in [0.4, 0.5) is 0 Å². The van der Waals surface area contributed by atoms with Gasteiger partial charge in [-0.2, -0.15) is 0 Å². The maximum Gasteiger partial charge on any atom is 0.0649 e. The Balaban J connectivity index is 2.59. The molecule has 0 bridgehead atoms. The van der Waals surface area contributed by atoms with Gasteiger partial charge in [-0.25, -0.2) is 0 Å². The lowest BCUT2D eigenvalue weighted by molar-refractivity contribution is 1.03. The van der Waals surface area contributed by atoms with Gasteiger partial charge in [0.1, 0.15) is 0 Å². The van der Waals surface area contributed by atoms with Crippen molar-refractivity contribution in [1.82, 2.24) is 0 Å². The summed E-state index contributed by atoms with van der Waals surface area (Å²) in [6.07, 6.45) is 3.05. The maximum absolute atomic E-state index is 4.26. The van der Waals surface area contributed by atoms with Gasteiger partial charge in [0, 0.05) is 10.7 Å². The normalized spacial score (nSPS) is 13.5. The highest BCUT2D eigenvalue weighted by Crippen LogP contribution is 2.24. The van der Waals surface area contributed by atoms with Gasteiger partial charge >= 0.3 is 0 Å². The second-order valence-electron chi connectivity index (χ2n) is 2.96. The first-order valence-corrected chi connectivity index (χ1v) is 4.91. The lowest BCUT2D eigenvalue weighted by Gasteiger charge is -2.05. The molecule has 0 saturated carbocycles. The number of halogens is 1. The number of aliphatic imine (C=N–C) groups is 1. The second-order valence-corrected chi connectivity index (χ2v) is 3.87. The van der Waals surface area contributed by atoms with Gasteiger partial charge in [0.25, 0.3) is 0 Å². The van der Waals surface area contributed by atoms with Crippen molar-refractivity contribution in [1.29, 1.82) is 0 Å². The standard InChI is InChI=1S/C10H10BrN/c1-2-7-3-9(11)4-8-5-12-6-10(7)8/h3-5H,2,6H2,1H3. The van der Waals surface area contributed by atoms with Crippen LogP contribution in [-0.4, -0.2) is 6.21 Å². The average molecular weight is 224 g/mol. The Hall–Kier alpha value is -0.630. The summed E-state index contributed by atoms with van der Waals surface area (Å²) in [5.74, 6) is 0. The molecular weight excluding hydrogens is 214 g/mol. The second kappa shape index (κ2) is 3.02. The summed E-state index contributed by atoms with van der Waals surface area (Å²) in [4.78, 5) is 4.26. The summed E-state index contributed by atoms with van der Waals surface area (Å²) >= 11 is 3.49. The molecular formula is C10H10BrN. The van der Waals surface area contributed by atoms with Crippen LogP contribution in [0.25, 0.3) is 0 Å². The molecule has 0 saturated heterocycles. The molecule has 0 aromatic heterocycles. The van der Waals surface area contributed by atoms with Crippen molar-refractivity contribution in [3.8, 4) is 0 Å². The van der Waals surface area contributed by atoms with Gasteiger partial charge in [-0.05, 0) is 35.2 Å². The molecule has 0 atom stereocenters. The first-order valence-electron chi connectivity index (χ1n) is 4.12. The fraction of sp³-hybridized carbons (Fsp3) is 0.300. The van der Waals surface area contributed by atoms with Crippen molar-refractivity contribution in [3.63, 3.8) is 0 Å². The molecule has 0 fully saturated rings. The van der Waals surface area contributed by atoms with Crippen LogP contribution in [0.15, 0.2) is 21.6 Å². The van der Waals surface area contributed by atoms with Crippen LogP contribution in [0.2, 0.25) is 0 Å². The van der Waals surface area contributed by atoms with Gasteiger partial charge in [0.15, 0.2) is 0 Å². The van der Waals surface area contributed by atoms with Crippen molar-refractivity contribution in [2.24, 2.45) is 4.99 Å². The van der Waals surface area contributed by atoms with Crippen molar-refractivity contribution >= 4 is 22.1 Å². The number of rotatable bonds is 1. The summed E-state index contributed by atoms with van der Waals surface area (Å²) < 4.78 is 1.16. The SMILES string of the molecule is CCc1cc(Br)cc2c1CN=C2. The molecule has 0 spiro atoms. The summed E-state index contributed by atoms with van der Waals surface area (Å²) in [5.41, 5.74) is 4.10. The molecule has 1 heterocycles. The van der Waals surface area contributed by atoms with E-state index in [2.05, 4.69) is 40.0 Å². The first-order chi connectivity index (χ1) is 5.81. The summed E-state index contributed by atoms with van der Waals surface area (Å²) in [5, 5.41) is 0. The third kappa shape index (κ3) is 1.20. The molecule has 2 heteroatoms. The summed E-state index contributed by atoms with van der Waals surface area (Å²) in [6, 6.07) is 4.32. The molecule has 12 heavy (non-hydrogen) atoms. The number of benzene rings is 1. The van der Waals surface area contributed by atoms with Crippen LogP contribution in [0, 0.1) is 0 Å². The summed E-state index contributed by atoms with van der Waals surface area (Å²) in [6.45, 7) is 3.05. The quantitative estimate of drug-likeness (QED) is 0.695. The molecule has 1 aliphatic heterocycles. The zero-order valence-electron chi connectivity index (χ0n) is 6.97. The van der Waals surface area contributed by atoms with Gasteiger partial charge in [-0.15, -0.1) is 0 Å². The highest BCUT2D eigenvalue weighted by Gasteiger charge is 2.10. The molecule has 0 radical (unpaired) electrons. The van der Waals surface area contributed by atoms with E-state index in [4.69, 9.17) is 0 Å². The van der Waals surface area contributed by atoms with Crippen molar-refractivity contribution < 1.29 is 0 Å². The lowest BCUT2D eigenvalue weighted by Crippen LogP contribution is -1.92. The minimum atomic E-state index is 0.867. The van der Waals surface area contributed by atoms with E-state index in [0.717, 1.165) is 17.4 Å². The zero-order chi connectivity index (χ0) is 8.55. The fourth-order valence-electron chi connectivity index (χ4n) is 1.58. The van der Waals surface area contributed by atoms with Crippen LogP contribution in [-0.2, 0) is 13.0 Å². The first kappa shape index (κ1) is 7.99. The minimum absolute atomic E-state index is 0.867. The van der Waals surface area contributed by atoms with E-state index in [9.17, 15) is 0 Å². The molecule has 0 aliphatic carbocycles. The fourth-order valence-corrected chi connectivity index (χ4v) is 2.10. The van der Waals surface area contributed by atoms with E-state index < -0.39 is 0 Å².